The Morgan fingerprint density at radius 1 is 1.58 bits per heavy atom. The number of rotatable bonds is 3. The van der Waals surface area contributed by atoms with Gasteiger partial charge in [-0.2, -0.15) is 5.10 Å². The summed E-state index contributed by atoms with van der Waals surface area (Å²) in [4.78, 5) is 10.4. The summed E-state index contributed by atoms with van der Waals surface area (Å²) in [6.07, 6.45) is 0. The molecular weight excluding hydrogens is 311 g/mol. The van der Waals surface area contributed by atoms with Crippen molar-refractivity contribution < 1.29 is 4.92 Å². The minimum atomic E-state index is -0.539. The molecule has 0 spiro atoms. The standard InChI is InChI=1S/C10H10Cl2N4O2S/c1-4-8(16(17)18)10(13)15(14-4)5(2)6-3-7(11)19-9(6)12/h3,5H,13H2,1-2H3. The third-order valence-electron chi connectivity index (χ3n) is 2.77. The van der Waals surface area contributed by atoms with Crippen LogP contribution in [0.3, 0.4) is 0 Å². The number of aryl methyl sites for hydroxylation is 1. The normalized spacial score (nSPS) is 12.6. The van der Waals surface area contributed by atoms with Gasteiger partial charge >= 0.3 is 5.69 Å². The van der Waals surface area contributed by atoms with E-state index in [0.29, 0.717) is 8.67 Å². The zero-order chi connectivity index (χ0) is 14.3. The molecule has 0 saturated heterocycles. The van der Waals surface area contributed by atoms with Crippen LogP contribution in [0.2, 0.25) is 8.67 Å². The van der Waals surface area contributed by atoms with E-state index >= 15 is 0 Å². The fourth-order valence-corrected chi connectivity index (χ4v) is 3.48. The zero-order valence-corrected chi connectivity index (χ0v) is 12.4. The molecule has 0 aromatic carbocycles. The molecule has 1 atom stereocenters. The molecule has 19 heavy (non-hydrogen) atoms. The van der Waals surface area contributed by atoms with E-state index in [-0.39, 0.29) is 23.2 Å². The molecule has 2 aromatic rings. The monoisotopic (exact) mass is 320 g/mol. The van der Waals surface area contributed by atoms with Gasteiger partial charge in [0.2, 0.25) is 5.82 Å². The number of hydrogen-bond donors (Lipinski definition) is 1. The fourth-order valence-electron chi connectivity index (χ4n) is 1.85. The van der Waals surface area contributed by atoms with E-state index < -0.39 is 4.92 Å². The second-order valence-corrected chi connectivity index (χ2v) is 6.26. The van der Waals surface area contributed by atoms with Crippen molar-refractivity contribution in [1.29, 1.82) is 0 Å². The van der Waals surface area contributed by atoms with Gasteiger partial charge in [0, 0.05) is 5.56 Å². The van der Waals surface area contributed by atoms with Crippen molar-refractivity contribution >= 4 is 46.0 Å². The first kappa shape index (κ1) is 14.1. The molecule has 0 radical (unpaired) electrons. The van der Waals surface area contributed by atoms with Gasteiger partial charge < -0.3 is 5.73 Å². The summed E-state index contributed by atoms with van der Waals surface area (Å²) in [6, 6.07) is 1.38. The van der Waals surface area contributed by atoms with Crippen molar-refractivity contribution in [1.82, 2.24) is 9.78 Å². The molecule has 0 aliphatic carbocycles. The van der Waals surface area contributed by atoms with Gasteiger partial charge in [0.1, 0.15) is 5.69 Å². The van der Waals surface area contributed by atoms with E-state index in [1.165, 1.54) is 16.0 Å². The molecule has 2 rings (SSSR count). The lowest BCUT2D eigenvalue weighted by Crippen LogP contribution is -2.11. The molecule has 0 fully saturated rings. The van der Waals surface area contributed by atoms with Gasteiger partial charge in [0.05, 0.1) is 19.6 Å². The van der Waals surface area contributed by atoms with Crippen LogP contribution in [0.1, 0.15) is 24.2 Å². The number of nitrogens with zero attached hydrogens (tertiary/aromatic N) is 3. The lowest BCUT2D eigenvalue weighted by atomic mass is 10.2. The summed E-state index contributed by atoms with van der Waals surface area (Å²) >= 11 is 13.2. The molecule has 1 unspecified atom stereocenters. The van der Waals surface area contributed by atoms with Gasteiger partial charge in [-0.05, 0) is 19.9 Å². The van der Waals surface area contributed by atoms with E-state index in [9.17, 15) is 10.1 Å². The number of nitro groups is 1. The predicted octanol–water partition coefficient (Wildman–Crippen LogP) is 3.66. The van der Waals surface area contributed by atoms with Crippen LogP contribution in [0.25, 0.3) is 0 Å². The highest BCUT2D eigenvalue weighted by Crippen LogP contribution is 2.38. The highest BCUT2D eigenvalue weighted by Gasteiger charge is 2.27. The lowest BCUT2D eigenvalue weighted by molar-refractivity contribution is -0.384. The first-order valence-corrected chi connectivity index (χ1v) is 6.83. The van der Waals surface area contributed by atoms with Crippen LogP contribution in [0.4, 0.5) is 11.5 Å². The Balaban J connectivity index is 2.51. The summed E-state index contributed by atoms with van der Waals surface area (Å²) in [7, 11) is 0. The van der Waals surface area contributed by atoms with E-state index in [1.54, 1.807) is 19.9 Å². The van der Waals surface area contributed by atoms with Crippen LogP contribution in [0.5, 0.6) is 0 Å². The van der Waals surface area contributed by atoms with E-state index in [0.717, 1.165) is 5.56 Å². The van der Waals surface area contributed by atoms with Crippen molar-refractivity contribution in [3.8, 4) is 0 Å². The Morgan fingerprint density at radius 3 is 2.63 bits per heavy atom. The average molecular weight is 321 g/mol. The van der Waals surface area contributed by atoms with Gasteiger partial charge in [0.15, 0.2) is 0 Å². The van der Waals surface area contributed by atoms with Crippen molar-refractivity contribution in [2.75, 3.05) is 5.73 Å². The van der Waals surface area contributed by atoms with Gasteiger partial charge in [-0.15, -0.1) is 11.3 Å². The predicted molar refractivity (Wildman–Crippen MR) is 76.2 cm³/mol. The molecule has 0 amide bonds. The van der Waals surface area contributed by atoms with Crippen LogP contribution >= 0.6 is 34.5 Å². The van der Waals surface area contributed by atoms with E-state index in [4.69, 9.17) is 28.9 Å². The van der Waals surface area contributed by atoms with Gasteiger partial charge in [0.25, 0.3) is 0 Å². The maximum absolute atomic E-state index is 10.9. The third kappa shape index (κ3) is 2.41. The molecule has 6 nitrogen and oxygen atoms in total. The smallest absolute Gasteiger partial charge is 0.333 e. The SMILES string of the molecule is Cc1nn(C(C)c2cc(Cl)sc2Cl)c(N)c1[N+](=O)[O-]. The number of hydrogen-bond acceptors (Lipinski definition) is 5. The first-order chi connectivity index (χ1) is 8.82. The maximum Gasteiger partial charge on any atom is 0.333 e. The van der Waals surface area contributed by atoms with E-state index in [2.05, 4.69) is 5.10 Å². The number of nitrogen functional groups attached to an aromatic ring is 1. The molecule has 0 aliphatic heterocycles. The van der Waals surface area contributed by atoms with Crippen LogP contribution in [-0.4, -0.2) is 14.7 Å². The molecule has 2 N–H and O–H groups in total. The quantitative estimate of drug-likeness (QED) is 0.690. The number of aromatic nitrogens is 2. The number of thiophene rings is 1. The van der Waals surface area contributed by atoms with E-state index in [1.807, 2.05) is 0 Å². The van der Waals surface area contributed by atoms with Crippen LogP contribution in [0, 0.1) is 17.0 Å². The lowest BCUT2D eigenvalue weighted by Gasteiger charge is -2.12. The third-order valence-corrected chi connectivity index (χ3v) is 4.29. The first-order valence-electron chi connectivity index (χ1n) is 5.26. The number of halogens is 2. The number of anilines is 1. The van der Waals surface area contributed by atoms with Crippen LogP contribution in [0.15, 0.2) is 6.07 Å². The second-order valence-electron chi connectivity index (χ2n) is 3.98. The minimum absolute atomic E-state index is 0.00777. The molecule has 102 valence electrons. The number of nitrogens with two attached hydrogens (primary N) is 1. The second kappa shape index (κ2) is 4.99. The Bertz CT molecular complexity index is 652. The molecule has 2 heterocycles. The van der Waals surface area contributed by atoms with Crippen LogP contribution in [-0.2, 0) is 0 Å². The minimum Gasteiger partial charge on any atom is -0.378 e. The Kier molecular flexibility index (Phi) is 3.71. The highest BCUT2D eigenvalue weighted by atomic mass is 35.5. The topological polar surface area (TPSA) is 87.0 Å². The maximum atomic E-state index is 10.9. The zero-order valence-electron chi connectivity index (χ0n) is 10.1. The van der Waals surface area contributed by atoms with Gasteiger partial charge in [-0.3, -0.25) is 10.1 Å². The Labute approximate surface area is 122 Å². The van der Waals surface area contributed by atoms with Crippen molar-refractivity contribution in [3.63, 3.8) is 0 Å². The van der Waals surface area contributed by atoms with Crippen LogP contribution < -0.4 is 5.73 Å². The summed E-state index contributed by atoms with van der Waals surface area (Å²) in [6.45, 7) is 3.34. The van der Waals surface area contributed by atoms with Crippen molar-refractivity contribution in [3.05, 3.63) is 36.1 Å². The summed E-state index contributed by atoms with van der Waals surface area (Å²) in [5.74, 6) is 0.00777. The molecular formula is C10H10Cl2N4O2S. The molecule has 0 aliphatic rings. The van der Waals surface area contributed by atoms with Crippen molar-refractivity contribution in [2.45, 2.75) is 19.9 Å². The molecule has 2 aromatic heterocycles. The molecule has 9 heteroatoms. The van der Waals surface area contributed by atoms with Gasteiger partial charge in [-0.1, -0.05) is 23.2 Å². The summed E-state index contributed by atoms with van der Waals surface area (Å²) < 4.78 is 2.45. The largest absolute Gasteiger partial charge is 0.378 e. The highest BCUT2D eigenvalue weighted by molar-refractivity contribution is 7.20. The fraction of sp³-hybridized carbons (Fsp3) is 0.300. The Hall–Kier alpha value is -1.31. The summed E-state index contributed by atoms with van der Waals surface area (Å²) in [5, 5.41) is 15.0. The molecule has 0 saturated carbocycles. The van der Waals surface area contributed by atoms with Crippen molar-refractivity contribution in [2.24, 2.45) is 0 Å². The average Bonchev–Trinajstić information content (AvgIpc) is 2.78. The van der Waals surface area contributed by atoms with Gasteiger partial charge in [-0.25, -0.2) is 4.68 Å². The Morgan fingerprint density at radius 2 is 2.21 bits per heavy atom. The molecule has 0 bridgehead atoms. The summed E-state index contributed by atoms with van der Waals surface area (Å²) in [5.41, 5.74) is 6.62.